The van der Waals surface area contributed by atoms with Crippen LogP contribution in [0.25, 0.3) is 0 Å². The summed E-state index contributed by atoms with van der Waals surface area (Å²) in [6.07, 6.45) is 6.63. The molecule has 0 aromatic carbocycles. The second kappa shape index (κ2) is 7.61. The molecule has 0 atom stereocenters. The smallest absolute Gasteiger partial charge is 0.140 e. The average Bonchev–Trinajstić information content (AvgIpc) is 3.29. The van der Waals surface area contributed by atoms with E-state index < -0.39 is 0 Å². The standard InChI is InChI=1S/C17H22N8O/c1-2-25-16(20-12-22-25)10-24-6-3-14-15(4-7-24)19-11-21-17(14)18-9-13-5-8-26-23-13/h5,8,11-12H,2-4,6-7,9-10H2,1H3,(H,18,19,21). The van der Waals surface area contributed by atoms with Crippen LogP contribution in [-0.2, 0) is 32.5 Å². The van der Waals surface area contributed by atoms with Gasteiger partial charge in [-0.3, -0.25) is 4.90 Å². The van der Waals surface area contributed by atoms with Crippen LogP contribution < -0.4 is 5.32 Å². The first kappa shape index (κ1) is 16.6. The summed E-state index contributed by atoms with van der Waals surface area (Å²) >= 11 is 0. The van der Waals surface area contributed by atoms with E-state index in [1.807, 2.05) is 10.7 Å². The van der Waals surface area contributed by atoms with Gasteiger partial charge in [0, 0.05) is 37.7 Å². The minimum atomic E-state index is 0.587. The molecule has 0 amide bonds. The average molecular weight is 354 g/mol. The van der Waals surface area contributed by atoms with Crippen molar-refractivity contribution >= 4 is 5.82 Å². The van der Waals surface area contributed by atoms with Gasteiger partial charge in [-0.1, -0.05) is 5.16 Å². The maximum absolute atomic E-state index is 4.88. The Morgan fingerprint density at radius 1 is 1.15 bits per heavy atom. The van der Waals surface area contributed by atoms with Crippen molar-refractivity contribution in [2.24, 2.45) is 0 Å². The second-order valence-corrected chi connectivity index (χ2v) is 6.26. The van der Waals surface area contributed by atoms with Crippen LogP contribution in [-0.4, -0.2) is 47.9 Å². The number of nitrogens with one attached hydrogen (secondary N) is 1. The van der Waals surface area contributed by atoms with Gasteiger partial charge >= 0.3 is 0 Å². The number of fused-ring (bicyclic) bond motifs is 1. The van der Waals surface area contributed by atoms with Gasteiger partial charge in [0.2, 0.25) is 0 Å². The summed E-state index contributed by atoms with van der Waals surface area (Å²) in [5.41, 5.74) is 3.16. The van der Waals surface area contributed by atoms with Crippen LogP contribution in [0, 0.1) is 0 Å². The largest absolute Gasteiger partial charge is 0.364 e. The SMILES string of the molecule is CCn1ncnc1CN1CCc2ncnc(NCc3ccon3)c2CC1. The highest BCUT2D eigenvalue weighted by Crippen LogP contribution is 2.21. The molecule has 0 radical (unpaired) electrons. The Kier molecular flexibility index (Phi) is 4.87. The fourth-order valence-corrected chi connectivity index (χ4v) is 3.26. The zero-order valence-electron chi connectivity index (χ0n) is 14.8. The molecule has 3 aromatic heterocycles. The van der Waals surface area contributed by atoms with Crippen LogP contribution in [0.2, 0.25) is 0 Å². The number of nitrogens with zero attached hydrogens (tertiary/aromatic N) is 7. The van der Waals surface area contributed by atoms with Gasteiger partial charge in [0.15, 0.2) is 0 Å². The van der Waals surface area contributed by atoms with Crippen molar-refractivity contribution < 1.29 is 4.52 Å². The lowest BCUT2D eigenvalue weighted by Crippen LogP contribution is -2.27. The Bertz CT molecular complexity index is 844. The molecule has 0 saturated heterocycles. The van der Waals surface area contributed by atoms with E-state index in [-0.39, 0.29) is 0 Å². The zero-order valence-corrected chi connectivity index (χ0v) is 14.8. The maximum atomic E-state index is 4.88. The summed E-state index contributed by atoms with van der Waals surface area (Å²) in [5.74, 6) is 1.89. The topological polar surface area (TPSA) is 97.8 Å². The van der Waals surface area contributed by atoms with Crippen LogP contribution in [0.15, 0.2) is 29.5 Å². The molecule has 9 heteroatoms. The zero-order chi connectivity index (χ0) is 17.8. The molecule has 1 aliphatic rings. The van der Waals surface area contributed by atoms with E-state index in [9.17, 15) is 0 Å². The number of hydrogen-bond acceptors (Lipinski definition) is 8. The maximum Gasteiger partial charge on any atom is 0.140 e. The van der Waals surface area contributed by atoms with E-state index in [2.05, 4.69) is 42.3 Å². The lowest BCUT2D eigenvalue weighted by molar-refractivity contribution is 0.266. The summed E-state index contributed by atoms with van der Waals surface area (Å²) < 4.78 is 6.82. The molecule has 4 heterocycles. The third-order valence-electron chi connectivity index (χ3n) is 4.67. The van der Waals surface area contributed by atoms with Crippen LogP contribution in [0.5, 0.6) is 0 Å². The predicted octanol–water partition coefficient (Wildman–Crippen LogP) is 1.29. The first-order valence-corrected chi connectivity index (χ1v) is 8.88. The first-order valence-electron chi connectivity index (χ1n) is 8.88. The van der Waals surface area contributed by atoms with Gasteiger partial charge in [0.05, 0.1) is 18.8 Å². The van der Waals surface area contributed by atoms with E-state index in [1.54, 1.807) is 18.9 Å². The fraction of sp³-hybridized carbons (Fsp3) is 0.471. The molecular weight excluding hydrogens is 332 g/mol. The molecule has 0 fully saturated rings. The lowest BCUT2D eigenvalue weighted by atomic mass is 10.1. The van der Waals surface area contributed by atoms with Crippen LogP contribution in [0.1, 0.15) is 29.7 Å². The van der Waals surface area contributed by atoms with Crippen molar-refractivity contribution in [3.8, 4) is 0 Å². The first-order chi connectivity index (χ1) is 12.8. The van der Waals surface area contributed by atoms with Gasteiger partial charge in [-0.25, -0.2) is 19.6 Å². The van der Waals surface area contributed by atoms with Gasteiger partial charge < -0.3 is 9.84 Å². The highest BCUT2D eigenvalue weighted by Gasteiger charge is 2.20. The monoisotopic (exact) mass is 354 g/mol. The van der Waals surface area contributed by atoms with Crippen LogP contribution in [0.4, 0.5) is 5.82 Å². The highest BCUT2D eigenvalue weighted by atomic mass is 16.5. The molecule has 26 heavy (non-hydrogen) atoms. The molecule has 9 nitrogen and oxygen atoms in total. The molecular formula is C17H22N8O. The van der Waals surface area contributed by atoms with Crippen molar-refractivity contribution in [2.75, 3.05) is 18.4 Å². The van der Waals surface area contributed by atoms with Crippen molar-refractivity contribution in [3.63, 3.8) is 0 Å². The number of aryl methyl sites for hydroxylation is 1. The number of hydrogen-bond donors (Lipinski definition) is 1. The summed E-state index contributed by atoms with van der Waals surface area (Å²) in [6.45, 7) is 6.20. The minimum absolute atomic E-state index is 0.587. The van der Waals surface area contributed by atoms with E-state index in [4.69, 9.17) is 4.52 Å². The van der Waals surface area contributed by atoms with Gasteiger partial charge in [-0.15, -0.1) is 0 Å². The molecule has 1 aliphatic heterocycles. The quantitative estimate of drug-likeness (QED) is 0.707. The molecule has 0 aliphatic carbocycles. The van der Waals surface area contributed by atoms with Gasteiger partial charge in [-0.05, 0) is 13.3 Å². The fourth-order valence-electron chi connectivity index (χ4n) is 3.26. The van der Waals surface area contributed by atoms with Crippen molar-refractivity contribution in [1.82, 2.24) is 34.8 Å². The Balaban J connectivity index is 1.44. The summed E-state index contributed by atoms with van der Waals surface area (Å²) in [4.78, 5) is 15.7. The number of anilines is 1. The lowest BCUT2D eigenvalue weighted by Gasteiger charge is -2.19. The Labute approximate surface area is 151 Å². The van der Waals surface area contributed by atoms with Crippen LogP contribution in [0.3, 0.4) is 0 Å². The Morgan fingerprint density at radius 2 is 2.08 bits per heavy atom. The molecule has 136 valence electrons. The number of rotatable bonds is 6. The molecule has 4 rings (SSSR count). The van der Waals surface area contributed by atoms with Crippen molar-refractivity contribution in [2.45, 2.75) is 39.4 Å². The molecule has 0 bridgehead atoms. The van der Waals surface area contributed by atoms with Crippen molar-refractivity contribution in [1.29, 1.82) is 0 Å². The molecule has 0 spiro atoms. The summed E-state index contributed by atoms with van der Waals surface area (Å²) in [6, 6.07) is 1.85. The minimum Gasteiger partial charge on any atom is -0.364 e. The van der Waals surface area contributed by atoms with E-state index >= 15 is 0 Å². The summed E-state index contributed by atoms with van der Waals surface area (Å²) in [7, 11) is 0. The highest BCUT2D eigenvalue weighted by molar-refractivity contribution is 5.46. The second-order valence-electron chi connectivity index (χ2n) is 6.26. The third-order valence-corrected chi connectivity index (χ3v) is 4.67. The Hall–Kier alpha value is -2.81. The molecule has 3 aromatic rings. The molecule has 0 saturated carbocycles. The van der Waals surface area contributed by atoms with Gasteiger partial charge in [0.25, 0.3) is 0 Å². The van der Waals surface area contributed by atoms with E-state index in [0.29, 0.717) is 6.54 Å². The van der Waals surface area contributed by atoms with Gasteiger partial charge in [0.1, 0.15) is 36.3 Å². The van der Waals surface area contributed by atoms with E-state index in [1.165, 1.54) is 5.56 Å². The normalized spacial score (nSPS) is 14.8. The predicted molar refractivity (Wildman–Crippen MR) is 94.2 cm³/mol. The van der Waals surface area contributed by atoms with E-state index in [0.717, 1.165) is 62.1 Å². The third kappa shape index (κ3) is 3.57. The molecule has 0 unspecified atom stereocenters. The van der Waals surface area contributed by atoms with Crippen molar-refractivity contribution in [3.05, 3.63) is 47.8 Å². The summed E-state index contributed by atoms with van der Waals surface area (Å²) in [5, 5.41) is 11.5. The molecule has 1 N–H and O–H groups in total. The Morgan fingerprint density at radius 3 is 2.92 bits per heavy atom. The number of aromatic nitrogens is 6. The van der Waals surface area contributed by atoms with Gasteiger partial charge in [-0.2, -0.15) is 5.10 Å². The van der Waals surface area contributed by atoms with Crippen LogP contribution >= 0.6 is 0 Å².